The van der Waals surface area contributed by atoms with Crippen LogP contribution in [0.1, 0.15) is 5.56 Å². The first kappa shape index (κ1) is 17.3. The molecule has 6 nitrogen and oxygen atoms in total. The number of nitrogens with zero attached hydrogens (tertiary/aromatic N) is 1. The summed E-state index contributed by atoms with van der Waals surface area (Å²) in [5.41, 5.74) is 2.98. The number of ether oxygens (including phenoxy) is 3. The molecular weight excluding hydrogens is 315 g/mol. The van der Waals surface area contributed by atoms with Gasteiger partial charge in [-0.15, -0.1) is 0 Å². The number of carbonyl (C=O) groups is 1. The third kappa shape index (κ3) is 4.98. The molecule has 0 bridgehead atoms. The molecule has 126 valence electrons. The van der Waals surface area contributed by atoms with E-state index in [1.54, 1.807) is 24.3 Å². The Morgan fingerprint density at radius 1 is 1.17 bits per heavy atom. The number of hydrogen-bond acceptors (Lipinski definition) is 5. The number of benzene rings is 2. The Kier molecular flexibility index (Phi) is 6.13. The quantitative estimate of drug-likeness (QED) is 0.624. The van der Waals surface area contributed by atoms with Crippen molar-refractivity contribution in [3.05, 3.63) is 53.8 Å². The summed E-state index contributed by atoms with van der Waals surface area (Å²) in [5.74, 6) is 0.172. The summed E-state index contributed by atoms with van der Waals surface area (Å²) < 4.78 is 28.7. The highest BCUT2D eigenvalue weighted by molar-refractivity contribution is 5.83. The van der Waals surface area contributed by atoms with E-state index in [0.717, 1.165) is 0 Å². The summed E-state index contributed by atoms with van der Waals surface area (Å²) >= 11 is 0. The molecule has 0 spiro atoms. The molecule has 0 aliphatic carbocycles. The maximum atomic E-state index is 13.3. The summed E-state index contributed by atoms with van der Waals surface area (Å²) in [7, 11) is 3.08. The van der Waals surface area contributed by atoms with Crippen molar-refractivity contribution in [1.82, 2.24) is 5.43 Å². The van der Waals surface area contributed by atoms with Gasteiger partial charge in [-0.2, -0.15) is 5.10 Å². The summed E-state index contributed by atoms with van der Waals surface area (Å²) in [6, 6.07) is 11.0. The minimum atomic E-state index is -0.530. The first-order valence-corrected chi connectivity index (χ1v) is 7.04. The number of halogens is 1. The fraction of sp³-hybridized carbons (Fsp3) is 0.176. The molecule has 24 heavy (non-hydrogen) atoms. The van der Waals surface area contributed by atoms with Gasteiger partial charge in [0.25, 0.3) is 5.91 Å². The highest BCUT2D eigenvalue weighted by Crippen LogP contribution is 2.21. The third-order valence-electron chi connectivity index (χ3n) is 2.97. The molecule has 1 amide bonds. The van der Waals surface area contributed by atoms with Crippen LogP contribution < -0.4 is 19.6 Å². The topological polar surface area (TPSA) is 69.2 Å². The first-order chi connectivity index (χ1) is 11.6. The lowest BCUT2D eigenvalue weighted by Crippen LogP contribution is -2.24. The zero-order chi connectivity index (χ0) is 17.4. The summed E-state index contributed by atoms with van der Waals surface area (Å²) in [6.45, 7) is -0.348. The fourth-order valence-electron chi connectivity index (χ4n) is 1.82. The number of amides is 1. The average molecular weight is 332 g/mol. The summed E-state index contributed by atoms with van der Waals surface area (Å²) in [6.07, 6.45) is 1.44. The fourth-order valence-corrected chi connectivity index (χ4v) is 1.82. The maximum absolute atomic E-state index is 13.3. The number of nitrogens with one attached hydrogen (secondary N) is 1. The second kappa shape index (κ2) is 8.52. The van der Waals surface area contributed by atoms with Crippen molar-refractivity contribution in [1.29, 1.82) is 0 Å². The Hall–Kier alpha value is -3.09. The lowest BCUT2D eigenvalue weighted by Gasteiger charge is -2.06. The van der Waals surface area contributed by atoms with Crippen LogP contribution in [0.4, 0.5) is 4.39 Å². The van der Waals surface area contributed by atoms with Crippen molar-refractivity contribution in [2.75, 3.05) is 20.8 Å². The standard InChI is InChI=1S/C17H17FN2O4/c1-22-13-7-12(8-14(9-13)23-2)10-19-20-17(21)11-24-16-6-4-3-5-15(16)18/h3-10H,11H2,1-2H3,(H,20,21)/b19-10-. The molecule has 0 aromatic heterocycles. The molecule has 0 atom stereocenters. The Bertz CT molecular complexity index is 712. The van der Waals surface area contributed by atoms with E-state index in [1.165, 1.54) is 38.6 Å². The van der Waals surface area contributed by atoms with Gasteiger partial charge in [-0.25, -0.2) is 9.82 Å². The molecule has 0 radical (unpaired) electrons. The normalized spacial score (nSPS) is 10.5. The van der Waals surface area contributed by atoms with E-state index in [9.17, 15) is 9.18 Å². The molecule has 0 aliphatic heterocycles. The number of methoxy groups -OCH3 is 2. The van der Waals surface area contributed by atoms with Gasteiger partial charge in [0.05, 0.1) is 20.4 Å². The smallest absolute Gasteiger partial charge is 0.277 e. The second-order valence-corrected chi connectivity index (χ2v) is 4.66. The molecule has 2 aromatic carbocycles. The van der Waals surface area contributed by atoms with Crippen molar-refractivity contribution in [3.63, 3.8) is 0 Å². The number of hydrogen-bond donors (Lipinski definition) is 1. The van der Waals surface area contributed by atoms with E-state index in [2.05, 4.69) is 10.5 Å². The monoisotopic (exact) mass is 332 g/mol. The van der Waals surface area contributed by atoms with Crippen LogP contribution in [-0.4, -0.2) is 32.9 Å². The minimum absolute atomic E-state index is 0.00848. The van der Waals surface area contributed by atoms with Gasteiger partial charge in [0.1, 0.15) is 11.5 Å². The van der Waals surface area contributed by atoms with E-state index in [1.807, 2.05) is 0 Å². The Morgan fingerprint density at radius 3 is 2.46 bits per heavy atom. The van der Waals surface area contributed by atoms with Gasteiger partial charge < -0.3 is 14.2 Å². The first-order valence-electron chi connectivity index (χ1n) is 7.04. The summed E-state index contributed by atoms with van der Waals surface area (Å²) in [5, 5.41) is 3.82. The van der Waals surface area contributed by atoms with E-state index in [0.29, 0.717) is 17.1 Å². The predicted molar refractivity (Wildman–Crippen MR) is 87.2 cm³/mol. The second-order valence-electron chi connectivity index (χ2n) is 4.66. The highest BCUT2D eigenvalue weighted by Gasteiger charge is 2.05. The highest BCUT2D eigenvalue weighted by atomic mass is 19.1. The van der Waals surface area contributed by atoms with Gasteiger partial charge in [-0.05, 0) is 24.3 Å². The lowest BCUT2D eigenvalue weighted by molar-refractivity contribution is -0.123. The van der Waals surface area contributed by atoms with Gasteiger partial charge >= 0.3 is 0 Å². The molecule has 1 N–H and O–H groups in total. The largest absolute Gasteiger partial charge is 0.497 e. The predicted octanol–water partition coefficient (Wildman–Crippen LogP) is 2.37. The van der Waals surface area contributed by atoms with Crippen molar-refractivity contribution >= 4 is 12.1 Å². The minimum Gasteiger partial charge on any atom is -0.497 e. The molecule has 2 rings (SSSR count). The zero-order valence-corrected chi connectivity index (χ0v) is 13.3. The van der Waals surface area contributed by atoms with Crippen LogP contribution in [-0.2, 0) is 4.79 Å². The van der Waals surface area contributed by atoms with E-state index in [4.69, 9.17) is 14.2 Å². The van der Waals surface area contributed by atoms with Gasteiger partial charge in [0.15, 0.2) is 18.2 Å². The molecular formula is C17H17FN2O4. The maximum Gasteiger partial charge on any atom is 0.277 e. The van der Waals surface area contributed by atoms with Crippen LogP contribution in [0.3, 0.4) is 0 Å². The molecule has 0 heterocycles. The Labute approximate surface area is 138 Å². The van der Waals surface area contributed by atoms with Gasteiger partial charge in [-0.3, -0.25) is 4.79 Å². The van der Waals surface area contributed by atoms with Crippen LogP contribution in [0.25, 0.3) is 0 Å². The number of carbonyl (C=O) groups excluding carboxylic acids is 1. The van der Waals surface area contributed by atoms with Crippen molar-refractivity contribution in [2.45, 2.75) is 0 Å². The average Bonchev–Trinajstić information content (AvgIpc) is 2.60. The molecule has 0 fully saturated rings. The van der Waals surface area contributed by atoms with Crippen LogP contribution in [0.5, 0.6) is 17.2 Å². The number of hydrazone groups is 1. The van der Waals surface area contributed by atoms with Crippen LogP contribution >= 0.6 is 0 Å². The van der Waals surface area contributed by atoms with Gasteiger partial charge in [0, 0.05) is 11.6 Å². The van der Waals surface area contributed by atoms with Crippen LogP contribution in [0, 0.1) is 5.82 Å². The van der Waals surface area contributed by atoms with E-state index in [-0.39, 0.29) is 12.4 Å². The van der Waals surface area contributed by atoms with Crippen LogP contribution in [0.15, 0.2) is 47.6 Å². The zero-order valence-electron chi connectivity index (χ0n) is 13.3. The molecule has 2 aromatic rings. The Balaban J connectivity index is 1.89. The lowest BCUT2D eigenvalue weighted by atomic mass is 10.2. The summed E-state index contributed by atoms with van der Waals surface area (Å²) in [4.78, 5) is 11.6. The van der Waals surface area contributed by atoms with Gasteiger partial charge in [-0.1, -0.05) is 12.1 Å². The van der Waals surface area contributed by atoms with E-state index < -0.39 is 11.7 Å². The van der Waals surface area contributed by atoms with Crippen molar-refractivity contribution in [3.8, 4) is 17.2 Å². The van der Waals surface area contributed by atoms with E-state index >= 15 is 0 Å². The van der Waals surface area contributed by atoms with Crippen molar-refractivity contribution in [2.24, 2.45) is 5.10 Å². The SMILES string of the molecule is COc1cc(/C=N\NC(=O)COc2ccccc2F)cc(OC)c1. The molecule has 0 unspecified atom stereocenters. The molecule has 0 saturated heterocycles. The molecule has 7 heteroatoms. The van der Waals surface area contributed by atoms with Crippen LogP contribution in [0.2, 0.25) is 0 Å². The number of para-hydroxylation sites is 1. The van der Waals surface area contributed by atoms with Gasteiger partial charge in [0.2, 0.25) is 0 Å². The molecule has 0 saturated carbocycles. The Morgan fingerprint density at radius 2 is 1.83 bits per heavy atom. The number of rotatable bonds is 7. The third-order valence-corrected chi connectivity index (χ3v) is 2.97. The molecule has 0 aliphatic rings. The van der Waals surface area contributed by atoms with Crippen molar-refractivity contribution < 1.29 is 23.4 Å².